The van der Waals surface area contributed by atoms with Crippen molar-refractivity contribution in [2.75, 3.05) is 14.1 Å². The summed E-state index contributed by atoms with van der Waals surface area (Å²) in [5.74, 6) is -0.373. The zero-order chi connectivity index (χ0) is 15.0. The van der Waals surface area contributed by atoms with Gasteiger partial charge in [-0.3, -0.25) is 0 Å². The van der Waals surface area contributed by atoms with Crippen molar-refractivity contribution in [3.8, 4) is 0 Å². The molecule has 1 aromatic rings. The summed E-state index contributed by atoms with van der Waals surface area (Å²) in [6.07, 6.45) is 5.66. The van der Waals surface area contributed by atoms with Gasteiger partial charge in [-0.1, -0.05) is 0 Å². The van der Waals surface area contributed by atoms with E-state index in [0.717, 1.165) is 11.6 Å². The van der Waals surface area contributed by atoms with Crippen molar-refractivity contribution < 1.29 is 8.78 Å². The van der Waals surface area contributed by atoms with Gasteiger partial charge in [-0.05, 0) is 69.8 Å². The minimum absolute atomic E-state index is 0.294. The van der Waals surface area contributed by atoms with E-state index in [1.54, 1.807) is 0 Å². The molecule has 4 heteroatoms. The second-order valence-electron chi connectivity index (χ2n) is 6.66. The SMILES string of the molecule is CNC(Cc1cc(F)cc(F)c1)C1CC2CCC(C1)N2C. The molecule has 0 radical (unpaired) electrons. The molecule has 3 rings (SSSR count). The van der Waals surface area contributed by atoms with Gasteiger partial charge in [-0.25, -0.2) is 8.78 Å². The molecule has 1 aromatic carbocycles. The molecule has 2 heterocycles. The predicted molar refractivity (Wildman–Crippen MR) is 80.2 cm³/mol. The summed E-state index contributed by atoms with van der Waals surface area (Å²) in [5.41, 5.74) is 0.748. The topological polar surface area (TPSA) is 15.3 Å². The van der Waals surface area contributed by atoms with E-state index in [1.165, 1.54) is 37.8 Å². The van der Waals surface area contributed by atoms with Gasteiger partial charge in [0, 0.05) is 24.2 Å². The number of hydrogen-bond acceptors (Lipinski definition) is 2. The Morgan fingerprint density at radius 2 is 1.71 bits per heavy atom. The van der Waals surface area contributed by atoms with E-state index in [2.05, 4.69) is 17.3 Å². The molecule has 2 aliphatic heterocycles. The van der Waals surface area contributed by atoms with Gasteiger partial charge in [0.1, 0.15) is 11.6 Å². The molecular formula is C17H24F2N2. The molecule has 2 saturated heterocycles. The first-order chi connectivity index (χ1) is 10.1. The Balaban J connectivity index is 1.71. The average molecular weight is 294 g/mol. The summed E-state index contributed by atoms with van der Waals surface area (Å²) in [6.45, 7) is 0. The zero-order valence-electron chi connectivity index (χ0n) is 12.8. The lowest BCUT2D eigenvalue weighted by Gasteiger charge is -2.40. The molecule has 2 aliphatic rings. The highest BCUT2D eigenvalue weighted by Crippen LogP contribution is 2.39. The summed E-state index contributed by atoms with van der Waals surface area (Å²) < 4.78 is 26.7. The number of hydrogen-bond donors (Lipinski definition) is 1. The highest BCUT2D eigenvalue weighted by atomic mass is 19.1. The molecule has 116 valence electrons. The number of halogens is 2. The van der Waals surface area contributed by atoms with Crippen LogP contribution in [-0.2, 0) is 6.42 Å². The van der Waals surface area contributed by atoms with Gasteiger partial charge in [-0.2, -0.15) is 0 Å². The van der Waals surface area contributed by atoms with Gasteiger partial charge in [0.2, 0.25) is 0 Å². The highest BCUT2D eigenvalue weighted by molar-refractivity contribution is 5.19. The molecule has 21 heavy (non-hydrogen) atoms. The predicted octanol–water partition coefficient (Wildman–Crippen LogP) is 2.97. The monoisotopic (exact) mass is 294 g/mol. The molecule has 2 fully saturated rings. The molecule has 0 spiro atoms. The third kappa shape index (κ3) is 3.11. The van der Waals surface area contributed by atoms with Crippen molar-refractivity contribution in [1.29, 1.82) is 0 Å². The second kappa shape index (κ2) is 6.01. The van der Waals surface area contributed by atoms with E-state index < -0.39 is 11.6 Å². The number of nitrogens with one attached hydrogen (secondary N) is 1. The van der Waals surface area contributed by atoms with Gasteiger partial charge in [0.15, 0.2) is 0 Å². The number of piperidine rings is 1. The number of nitrogens with zero attached hydrogens (tertiary/aromatic N) is 1. The fraction of sp³-hybridized carbons (Fsp3) is 0.647. The zero-order valence-corrected chi connectivity index (χ0v) is 12.8. The van der Waals surface area contributed by atoms with E-state index >= 15 is 0 Å². The first-order valence-electron chi connectivity index (χ1n) is 7.91. The maximum Gasteiger partial charge on any atom is 0.126 e. The van der Waals surface area contributed by atoms with E-state index in [-0.39, 0.29) is 0 Å². The summed E-state index contributed by atoms with van der Waals surface area (Å²) >= 11 is 0. The van der Waals surface area contributed by atoms with Crippen molar-refractivity contribution in [1.82, 2.24) is 10.2 Å². The van der Waals surface area contributed by atoms with Gasteiger partial charge < -0.3 is 10.2 Å². The normalized spacial score (nSPS) is 30.6. The van der Waals surface area contributed by atoms with Crippen LogP contribution in [0.25, 0.3) is 0 Å². The Hall–Kier alpha value is -1.00. The fourth-order valence-electron chi connectivity index (χ4n) is 4.27. The molecule has 1 N–H and O–H groups in total. The highest BCUT2D eigenvalue weighted by Gasteiger charge is 2.40. The van der Waals surface area contributed by atoms with Crippen molar-refractivity contribution in [2.24, 2.45) is 5.92 Å². The lowest BCUT2D eigenvalue weighted by atomic mass is 9.82. The van der Waals surface area contributed by atoms with Crippen LogP contribution in [0.4, 0.5) is 8.78 Å². The number of fused-ring (bicyclic) bond motifs is 2. The quantitative estimate of drug-likeness (QED) is 0.918. The molecular weight excluding hydrogens is 270 g/mol. The van der Waals surface area contributed by atoms with E-state index in [1.807, 2.05) is 7.05 Å². The summed E-state index contributed by atoms with van der Waals surface area (Å²) in [7, 11) is 4.19. The maximum absolute atomic E-state index is 13.3. The van der Waals surface area contributed by atoms with Crippen molar-refractivity contribution in [3.05, 3.63) is 35.4 Å². The van der Waals surface area contributed by atoms with Crippen LogP contribution in [0.2, 0.25) is 0 Å². The van der Waals surface area contributed by atoms with Crippen LogP contribution in [0.15, 0.2) is 18.2 Å². The number of benzene rings is 1. The number of likely N-dealkylation sites (N-methyl/N-ethyl adjacent to an activating group) is 1. The minimum atomic E-state index is -0.483. The third-order valence-electron chi connectivity index (χ3n) is 5.45. The lowest BCUT2D eigenvalue weighted by Crippen LogP contribution is -2.47. The largest absolute Gasteiger partial charge is 0.316 e. The first kappa shape index (κ1) is 14.9. The van der Waals surface area contributed by atoms with Crippen LogP contribution in [0.3, 0.4) is 0 Å². The standard InChI is InChI=1S/C17H24F2N2/c1-20-17(7-11-5-13(18)10-14(19)6-11)12-8-15-3-4-16(9-12)21(15)2/h5-6,10,12,15-17,20H,3-4,7-9H2,1-2H3. The van der Waals surface area contributed by atoms with Crippen LogP contribution in [0, 0.1) is 17.6 Å². The molecule has 0 amide bonds. The Morgan fingerprint density at radius 3 is 2.24 bits per heavy atom. The molecule has 0 saturated carbocycles. The summed E-state index contributed by atoms with van der Waals surface area (Å²) in [5, 5.41) is 3.38. The summed E-state index contributed by atoms with van der Waals surface area (Å²) in [4.78, 5) is 2.52. The van der Waals surface area contributed by atoms with Gasteiger partial charge >= 0.3 is 0 Å². The van der Waals surface area contributed by atoms with Gasteiger partial charge in [0.25, 0.3) is 0 Å². The molecule has 3 atom stereocenters. The fourth-order valence-corrected chi connectivity index (χ4v) is 4.27. The molecule has 0 aliphatic carbocycles. The molecule has 0 aromatic heterocycles. The van der Waals surface area contributed by atoms with Crippen LogP contribution in [-0.4, -0.2) is 37.1 Å². The van der Waals surface area contributed by atoms with Crippen LogP contribution in [0.5, 0.6) is 0 Å². The Morgan fingerprint density at radius 1 is 1.14 bits per heavy atom. The van der Waals surface area contributed by atoms with E-state index in [0.29, 0.717) is 30.5 Å². The van der Waals surface area contributed by atoms with Crippen molar-refractivity contribution >= 4 is 0 Å². The summed E-state index contributed by atoms with van der Waals surface area (Å²) in [6, 6.07) is 5.52. The second-order valence-corrected chi connectivity index (χ2v) is 6.66. The van der Waals surface area contributed by atoms with Gasteiger partial charge in [0.05, 0.1) is 0 Å². The number of rotatable bonds is 4. The average Bonchev–Trinajstić information content (AvgIpc) is 2.65. The maximum atomic E-state index is 13.3. The Labute approximate surface area is 125 Å². The molecule has 2 bridgehead atoms. The molecule has 3 unspecified atom stereocenters. The van der Waals surface area contributed by atoms with E-state index in [9.17, 15) is 8.78 Å². The van der Waals surface area contributed by atoms with Crippen molar-refractivity contribution in [3.63, 3.8) is 0 Å². The Bertz CT molecular complexity index is 471. The minimum Gasteiger partial charge on any atom is -0.316 e. The van der Waals surface area contributed by atoms with E-state index in [4.69, 9.17) is 0 Å². The van der Waals surface area contributed by atoms with Crippen LogP contribution in [0.1, 0.15) is 31.2 Å². The lowest BCUT2D eigenvalue weighted by molar-refractivity contribution is 0.114. The van der Waals surface area contributed by atoms with Crippen molar-refractivity contribution in [2.45, 2.75) is 50.2 Å². The Kier molecular flexibility index (Phi) is 4.27. The molecule has 2 nitrogen and oxygen atoms in total. The third-order valence-corrected chi connectivity index (χ3v) is 5.45. The van der Waals surface area contributed by atoms with Gasteiger partial charge in [-0.15, -0.1) is 0 Å². The van der Waals surface area contributed by atoms with Crippen LogP contribution >= 0.6 is 0 Å². The van der Waals surface area contributed by atoms with Crippen LogP contribution < -0.4 is 5.32 Å². The first-order valence-corrected chi connectivity index (χ1v) is 7.91. The smallest absolute Gasteiger partial charge is 0.126 e.